The van der Waals surface area contributed by atoms with Crippen molar-refractivity contribution in [2.45, 2.75) is 0 Å². The number of para-hydroxylation sites is 1. The van der Waals surface area contributed by atoms with E-state index in [0.717, 1.165) is 5.56 Å². The van der Waals surface area contributed by atoms with Crippen molar-refractivity contribution in [3.8, 4) is 5.75 Å². The quantitative estimate of drug-likeness (QED) is 0.433. The largest absolute Gasteiger partial charge is 0.483 e. The molecule has 0 fully saturated rings. The van der Waals surface area contributed by atoms with Gasteiger partial charge in [-0.25, -0.2) is 10.2 Å². The number of hydrogen-bond donors (Lipinski definition) is 1. The molecule has 2 aromatic carbocycles. The topological polar surface area (TPSA) is 80.9 Å². The Kier molecular flexibility index (Phi) is 5.11. The third-order valence-electron chi connectivity index (χ3n) is 3.24. The Bertz CT molecular complexity index is 980. The summed E-state index contributed by atoms with van der Waals surface area (Å²) in [5, 5.41) is 5.07. The van der Waals surface area contributed by atoms with Crippen LogP contribution in [0.3, 0.4) is 0 Å². The Morgan fingerprint density at radius 2 is 1.96 bits per heavy atom. The molecular weight excluding hydrogens is 344 g/mol. The number of fused-ring (bicyclic) bond motifs is 1. The summed E-state index contributed by atoms with van der Waals surface area (Å²) in [4.78, 5) is 23.3. The van der Waals surface area contributed by atoms with Gasteiger partial charge in [-0.1, -0.05) is 35.9 Å². The molecule has 3 aromatic rings. The van der Waals surface area contributed by atoms with Crippen molar-refractivity contribution in [2.24, 2.45) is 5.10 Å². The Balaban J connectivity index is 1.61. The van der Waals surface area contributed by atoms with E-state index < -0.39 is 11.5 Å². The minimum absolute atomic E-state index is 0.281. The number of hydrazone groups is 1. The van der Waals surface area contributed by atoms with E-state index in [-0.39, 0.29) is 12.4 Å². The molecule has 0 radical (unpaired) electrons. The highest BCUT2D eigenvalue weighted by molar-refractivity contribution is 6.30. The number of carbonyl (C=O) groups is 1. The van der Waals surface area contributed by atoms with E-state index in [9.17, 15) is 9.59 Å². The van der Waals surface area contributed by atoms with Gasteiger partial charge in [0.2, 0.25) is 0 Å². The maximum Gasteiger partial charge on any atom is 0.339 e. The predicted octanol–water partition coefficient (Wildman–Crippen LogP) is 2.98. The van der Waals surface area contributed by atoms with Crippen molar-refractivity contribution >= 4 is 34.7 Å². The van der Waals surface area contributed by atoms with Crippen LogP contribution in [0.4, 0.5) is 0 Å². The zero-order chi connectivity index (χ0) is 17.6. The van der Waals surface area contributed by atoms with Crippen LogP contribution >= 0.6 is 11.6 Å². The first kappa shape index (κ1) is 16.7. The minimum atomic E-state index is -0.546. The van der Waals surface area contributed by atoms with Crippen LogP contribution in [0.25, 0.3) is 11.0 Å². The molecule has 0 saturated heterocycles. The third-order valence-corrected chi connectivity index (χ3v) is 3.50. The minimum Gasteiger partial charge on any atom is -0.483 e. The summed E-state index contributed by atoms with van der Waals surface area (Å²) in [7, 11) is 0. The summed E-state index contributed by atoms with van der Waals surface area (Å²) < 4.78 is 10.5. The summed E-state index contributed by atoms with van der Waals surface area (Å²) in [6.07, 6.45) is 1.49. The molecule has 0 unspecified atom stereocenters. The van der Waals surface area contributed by atoms with Crippen LogP contribution in [-0.2, 0) is 4.79 Å². The van der Waals surface area contributed by atoms with Crippen LogP contribution in [0.2, 0.25) is 5.02 Å². The second-order valence-electron chi connectivity index (χ2n) is 5.06. The predicted molar refractivity (Wildman–Crippen MR) is 95.2 cm³/mol. The van der Waals surface area contributed by atoms with Gasteiger partial charge in [0.15, 0.2) is 6.61 Å². The number of halogens is 1. The summed E-state index contributed by atoms with van der Waals surface area (Å²) in [5.41, 5.74) is 2.99. The Morgan fingerprint density at radius 1 is 1.20 bits per heavy atom. The lowest BCUT2D eigenvalue weighted by Gasteiger charge is -2.07. The first-order valence-corrected chi connectivity index (χ1v) is 7.73. The van der Waals surface area contributed by atoms with E-state index in [1.54, 1.807) is 48.5 Å². The number of ether oxygens (including phenoxy) is 1. The number of carbonyl (C=O) groups excluding carboxylic acids is 1. The first-order chi connectivity index (χ1) is 12.1. The van der Waals surface area contributed by atoms with Crippen LogP contribution in [0.15, 0.2) is 68.9 Å². The molecule has 7 heteroatoms. The van der Waals surface area contributed by atoms with Gasteiger partial charge in [0.25, 0.3) is 5.91 Å². The molecule has 6 nitrogen and oxygen atoms in total. The van der Waals surface area contributed by atoms with E-state index in [0.29, 0.717) is 16.0 Å². The standard InChI is InChI=1S/C18H13ClN2O4/c19-13-7-5-12(6-8-13)10-20-21-17(22)11-24-16-9-18(23)25-15-4-2-1-3-14(15)16/h1-10H,11H2,(H,21,22). The maximum absolute atomic E-state index is 11.8. The second-order valence-corrected chi connectivity index (χ2v) is 5.50. The highest BCUT2D eigenvalue weighted by atomic mass is 35.5. The van der Waals surface area contributed by atoms with E-state index >= 15 is 0 Å². The molecule has 0 bridgehead atoms. The van der Waals surface area contributed by atoms with Gasteiger partial charge in [-0.3, -0.25) is 4.79 Å². The fraction of sp³-hybridized carbons (Fsp3) is 0.0556. The molecule has 1 heterocycles. The SMILES string of the molecule is O=C(COc1cc(=O)oc2ccccc12)NN=Cc1ccc(Cl)cc1. The maximum atomic E-state index is 11.8. The van der Waals surface area contributed by atoms with Gasteiger partial charge in [0, 0.05) is 5.02 Å². The van der Waals surface area contributed by atoms with Gasteiger partial charge in [-0.15, -0.1) is 0 Å². The zero-order valence-electron chi connectivity index (χ0n) is 12.9. The number of nitrogens with one attached hydrogen (secondary N) is 1. The van der Waals surface area contributed by atoms with E-state index in [4.69, 9.17) is 20.8 Å². The van der Waals surface area contributed by atoms with Crippen molar-refractivity contribution in [3.05, 3.63) is 75.6 Å². The Labute approximate surface area is 147 Å². The molecule has 1 aromatic heterocycles. The molecule has 1 amide bonds. The average Bonchev–Trinajstić information content (AvgIpc) is 2.61. The smallest absolute Gasteiger partial charge is 0.339 e. The number of benzene rings is 2. The average molecular weight is 357 g/mol. The molecule has 0 saturated carbocycles. The van der Waals surface area contributed by atoms with Crippen LogP contribution < -0.4 is 15.8 Å². The van der Waals surface area contributed by atoms with Gasteiger partial charge in [0.1, 0.15) is 11.3 Å². The Hall–Kier alpha value is -3.12. The number of rotatable bonds is 5. The Morgan fingerprint density at radius 3 is 2.76 bits per heavy atom. The van der Waals surface area contributed by atoms with Gasteiger partial charge >= 0.3 is 5.63 Å². The van der Waals surface area contributed by atoms with Gasteiger partial charge in [-0.2, -0.15) is 5.10 Å². The van der Waals surface area contributed by atoms with Crippen LogP contribution in [0.1, 0.15) is 5.56 Å². The molecule has 0 aliphatic rings. The first-order valence-electron chi connectivity index (χ1n) is 7.35. The van der Waals surface area contributed by atoms with Crippen LogP contribution in [0.5, 0.6) is 5.75 Å². The molecule has 1 N–H and O–H groups in total. The molecule has 126 valence electrons. The van der Waals surface area contributed by atoms with Crippen LogP contribution in [-0.4, -0.2) is 18.7 Å². The summed E-state index contributed by atoms with van der Waals surface area (Å²) in [5.74, 6) is -0.175. The van der Waals surface area contributed by atoms with Crippen molar-refractivity contribution in [2.75, 3.05) is 6.61 Å². The molecule has 0 atom stereocenters. The normalized spacial score (nSPS) is 10.9. The van der Waals surface area contributed by atoms with Crippen molar-refractivity contribution in [3.63, 3.8) is 0 Å². The lowest BCUT2D eigenvalue weighted by Crippen LogP contribution is -2.24. The molecule has 0 aliphatic carbocycles. The highest BCUT2D eigenvalue weighted by Crippen LogP contribution is 2.22. The fourth-order valence-electron chi connectivity index (χ4n) is 2.10. The molecule has 0 spiro atoms. The molecule has 0 aliphatic heterocycles. The lowest BCUT2D eigenvalue weighted by atomic mass is 10.2. The van der Waals surface area contributed by atoms with Crippen molar-refractivity contribution < 1.29 is 13.9 Å². The number of nitrogens with zero attached hydrogens (tertiary/aromatic N) is 1. The van der Waals surface area contributed by atoms with Crippen molar-refractivity contribution in [1.29, 1.82) is 0 Å². The van der Waals surface area contributed by atoms with E-state index in [1.807, 2.05) is 0 Å². The zero-order valence-corrected chi connectivity index (χ0v) is 13.7. The fourth-order valence-corrected chi connectivity index (χ4v) is 2.23. The number of hydrogen-bond acceptors (Lipinski definition) is 5. The molecule has 25 heavy (non-hydrogen) atoms. The highest BCUT2D eigenvalue weighted by Gasteiger charge is 2.08. The number of amides is 1. The molecular formula is C18H13ClN2O4. The van der Waals surface area contributed by atoms with Gasteiger partial charge < -0.3 is 9.15 Å². The van der Waals surface area contributed by atoms with Gasteiger partial charge in [-0.05, 0) is 29.8 Å². The van der Waals surface area contributed by atoms with Crippen molar-refractivity contribution in [1.82, 2.24) is 5.43 Å². The monoisotopic (exact) mass is 356 g/mol. The summed E-state index contributed by atoms with van der Waals surface area (Å²) in [6, 6.07) is 15.1. The lowest BCUT2D eigenvalue weighted by molar-refractivity contribution is -0.123. The molecule has 3 rings (SSSR count). The van der Waals surface area contributed by atoms with Crippen LogP contribution in [0, 0.1) is 0 Å². The second kappa shape index (κ2) is 7.63. The third kappa shape index (κ3) is 4.45. The van der Waals surface area contributed by atoms with E-state index in [2.05, 4.69) is 10.5 Å². The summed E-state index contributed by atoms with van der Waals surface area (Å²) >= 11 is 5.79. The van der Waals surface area contributed by atoms with E-state index in [1.165, 1.54) is 12.3 Å². The van der Waals surface area contributed by atoms with Gasteiger partial charge in [0.05, 0.1) is 17.7 Å². The summed E-state index contributed by atoms with van der Waals surface area (Å²) in [6.45, 7) is -0.286.